The molecule has 1 aliphatic heterocycles. The minimum atomic E-state index is 0. The van der Waals surface area contributed by atoms with Crippen LogP contribution in [0.3, 0.4) is 0 Å². The maximum atomic E-state index is 12.0. The molecule has 1 saturated heterocycles. The third kappa shape index (κ3) is 5.73. The minimum absolute atomic E-state index is 0. The molecule has 1 aromatic carbocycles. The van der Waals surface area contributed by atoms with E-state index in [-0.39, 0.29) is 31.0 Å². The van der Waals surface area contributed by atoms with Gasteiger partial charge in [0.1, 0.15) is 11.5 Å². The van der Waals surface area contributed by atoms with Crippen molar-refractivity contribution in [1.29, 1.82) is 0 Å². The molecule has 0 atom stereocenters. The first-order valence-electron chi connectivity index (χ1n) is 7.58. The van der Waals surface area contributed by atoms with Crippen LogP contribution in [0.2, 0.25) is 0 Å². The first-order valence-corrected chi connectivity index (χ1v) is 7.58. The van der Waals surface area contributed by atoms with Gasteiger partial charge in [0.05, 0.1) is 6.61 Å². The molecule has 1 fully saturated rings. The van der Waals surface area contributed by atoms with Crippen LogP contribution in [0.15, 0.2) is 24.3 Å². The molecule has 2 N–H and O–H groups in total. The maximum Gasteiger partial charge on any atom is 0.260 e. The third-order valence-corrected chi connectivity index (χ3v) is 3.55. The number of halogens is 1. The molecule has 1 amide bonds. The van der Waals surface area contributed by atoms with Crippen LogP contribution in [0.25, 0.3) is 0 Å². The van der Waals surface area contributed by atoms with Gasteiger partial charge in [-0.15, -0.1) is 12.4 Å². The summed E-state index contributed by atoms with van der Waals surface area (Å²) in [6, 6.07) is 7.59. The number of nitrogens with two attached hydrogens (primary N) is 1. The van der Waals surface area contributed by atoms with E-state index in [0.717, 1.165) is 38.1 Å². The average molecular weight is 329 g/mol. The van der Waals surface area contributed by atoms with E-state index in [4.69, 9.17) is 15.2 Å². The molecule has 0 aliphatic carbocycles. The lowest BCUT2D eigenvalue weighted by Gasteiger charge is -2.30. The molecule has 2 rings (SSSR count). The van der Waals surface area contributed by atoms with Crippen molar-refractivity contribution < 1.29 is 14.3 Å². The van der Waals surface area contributed by atoms with E-state index < -0.39 is 0 Å². The molecule has 0 unspecified atom stereocenters. The van der Waals surface area contributed by atoms with Gasteiger partial charge in [0.25, 0.3) is 5.91 Å². The molecule has 124 valence electrons. The van der Waals surface area contributed by atoms with Gasteiger partial charge in [0.15, 0.2) is 6.61 Å². The fraction of sp³-hybridized carbons (Fsp3) is 0.562. The first kappa shape index (κ1) is 18.6. The number of piperidine rings is 1. The van der Waals surface area contributed by atoms with E-state index >= 15 is 0 Å². The molecule has 1 aliphatic rings. The number of likely N-dealkylation sites (tertiary alicyclic amines) is 1. The molecule has 1 heterocycles. The lowest BCUT2D eigenvalue weighted by atomic mass is 10.1. The second-order valence-electron chi connectivity index (χ2n) is 5.33. The van der Waals surface area contributed by atoms with Crippen LogP contribution in [0.5, 0.6) is 11.5 Å². The Morgan fingerprint density at radius 3 is 2.27 bits per heavy atom. The highest BCUT2D eigenvalue weighted by atomic mass is 35.5. The second kappa shape index (κ2) is 9.54. The Hall–Kier alpha value is -1.46. The molecule has 6 heteroatoms. The van der Waals surface area contributed by atoms with Crippen molar-refractivity contribution in [3.05, 3.63) is 24.3 Å². The number of ether oxygens (including phenoxy) is 2. The summed E-state index contributed by atoms with van der Waals surface area (Å²) >= 11 is 0. The van der Waals surface area contributed by atoms with Crippen molar-refractivity contribution in [2.45, 2.75) is 32.2 Å². The van der Waals surface area contributed by atoms with Crippen molar-refractivity contribution >= 4 is 18.3 Å². The Balaban J connectivity index is 0.00000242. The Morgan fingerprint density at radius 2 is 1.73 bits per heavy atom. The molecule has 5 nitrogen and oxygen atoms in total. The Labute approximate surface area is 138 Å². The van der Waals surface area contributed by atoms with Gasteiger partial charge in [-0.1, -0.05) is 6.92 Å². The summed E-state index contributed by atoms with van der Waals surface area (Å²) in [4.78, 5) is 13.8. The molecule has 0 spiro atoms. The number of hydrogen-bond donors (Lipinski definition) is 1. The number of amides is 1. The molecule has 0 bridgehead atoms. The van der Waals surface area contributed by atoms with Gasteiger partial charge >= 0.3 is 0 Å². The molecule has 0 aromatic heterocycles. The summed E-state index contributed by atoms with van der Waals surface area (Å²) in [7, 11) is 0. The van der Waals surface area contributed by atoms with Gasteiger partial charge in [-0.2, -0.15) is 0 Å². The van der Waals surface area contributed by atoms with Gasteiger partial charge in [-0.3, -0.25) is 4.79 Å². The topological polar surface area (TPSA) is 64.8 Å². The SMILES string of the molecule is CCCOc1ccc(OCC(=O)N2CCC(N)CC2)cc1.Cl. The van der Waals surface area contributed by atoms with E-state index in [1.54, 1.807) is 0 Å². The summed E-state index contributed by atoms with van der Waals surface area (Å²) < 4.78 is 11.0. The first-order chi connectivity index (χ1) is 10.2. The summed E-state index contributed by atoms with van der Waals surface area (Å²) in [5.41, 5.74) is 5.83. The third-order valence-electron chi connectivity index (χ3n) is 3.55. The average Bonchev–Trinajstić information content (AvgIpc) is 2.52. The monoisotopic (exact) mass is 328 g/mol. The quantitative estimate of drug-likeness (QED) is 0.869. The standard InChI is InChI=1S/C16H24N2O3.ClH/c1-2-11-20-14-3-5-15(6-4-14)21-12-16(19)18-9-7-13(17)8-10-18;/h3-6,13H,2,7-12,17H2,1H3;1H. The zero-order chi connectivity index (χ0) is 15.1. The summed E-state index contributed by atoms with van der Waals surface area (Å²) in [5, 5.41) is 0. The van der Waals surface area contributed by atoms with Gasteiger partial charge in [-0.05, 0) is 43.5 Å². The normalized spacial score (nSPS) is 15.1. The van der Waals surface area contributed by atoms with E-state index in [1.807, 2.05) is 29.2 Å². The van der Waals surface area contributed by atoms with Crippen LogP contribution in [0, 0.1) is 0 Å². The highest BCUT2D eigenvalue weighted by Crippen LogP contribution is 2.18. The van der Waals surface area contributed by atoms with Crippen molar-refractivity contribution in [2.24, 2.45) is 5.73 Å². The predicted molar refractivity (Wildman–Crippen MR) is 88.8 cm³/mol. The van der Waals surface area contributed by atoms with Crippen molar-refractivity contribution in [2.75, 3.05) is 26.3 Å². The van der Waals surface area contributed by atoms with Gasteiger partial charge in [-0.25, -0.2) is 0 Å². The van der Waals surface area contributed by atoms with E-state index in [0.29, 0.717) is 12.4 Å². The summed E-state index contributed by atoms with van der Waals surface area (Å²) in [5.74, 6) is 1.52. The van der Waals surface area contributed by atoms with Crippen LogP contribution >= 0.6 is 12.4 Å². The summed E-state index contributed by atoms with van der Waals surface area (Å²) in [6.07, 6.45) is 2.72. The van der Waals surface area contributed by atoms with Crippen LogP contribution < -0.4 is 15.2 Å². The molecule has 1 aromatic rings. The van der Waals surface area contributed by atoms with Crippen molar-refractivity contribution in [1.82, 2.24) is 4.90 Å². The van der Waals surface area contributed by atoms with E-state index in [2.05, 4.69) is 6.92 Å². The molecular weight excluding hydrogens is 304 g/mol. The Morgan fingerprint density at radius 1 is 1.18 bits per heavy atom. The fourth-order valence-electron chi connectivity index (χ4n) is 2.24. The highest BCUT2D eigenvalue weighted by molar-refractivity contribution is 5.85. The zero-order valence-electron chi connectivity index (χ0n) is 13.0. The zero-order valence-corrected chi connectivity index (χ0v) is 13.8. The number of nitrogens with zero attached hydrogens (tertiary/aromatic N) is 1. The molecule has 22 heavy (non-hydrogen) atoms. The fourth-order valence-corrected chi connectivity index (χ4v) is 2.24. The number of rotatable bonds is 6. The number of benzene rings is 1. The van der Waals surface area contributed by atoms with E-state index in [9.17, 15) is 4.79 Å². The van der Waals surface area contributed by atoms with Crippen molar-refractivity contribution in [3.63, 3.8) is 0 Å². The molecule has 0 saturated carbocycles. The van der Waals surface area contributed by atoms with Gasteiger partial charge in [0, 0.05) is 19.1 Å². The lowest BCUT2D eigenvalue weighted by Crippen LogP contribution is -2.44. The largest absolute Gasteiger partial charge is 0.494 e. The van der Waals surface area contributed by atoms with Crippen LogP contribution in [-0.2, 0) is 4.79 Å². The number of hydrogen-bond acceptors (Lipinski definition) is 4. The second-order valence-corrected chi connectivity index (χ2v) is 5.33. The maximum absolute atomic E-state index is 12.0. The van der Waals surface area contributed by atoms with Gasteiger partial charge < -0.3 is 20.1 Å². The predicted octanol–water partition coefficient (Wildman–Crippen LogP) is 2.23. The van der Waals surface area contributed by atoms with Crippen LogP contribution in [0.1, 0.15) is 26.2 Å². The van der Waals surface area contributed by atoms with Crippen molar-refractivity contribution in [3.8, 4) is 11.5 Å². The minimum Gasteiger partial charge on any atom is -0.494 e. The molecular formula is C16H25ClN2O3. The molecule has 0 radical (unpaired) electrons. The van der Waals surface area contributed by atoms with Crippen LogP contribution in [-0.4, -0.2) is 43.2 Å². The Bertz CT molecular complexity index is 445. The lowest BCUT2D eigenvalue weighted by molar-refractivity contribution is -0.134. The van der Waals surface area contributed by atoms with E-state index in [1.165, 1.54) is 0 Å². The van der Waals surface area contributed by atoms with Crippen LogP contribution in [0.4, 0.5) is 0 Å². The Kier molecular flexibility index (Phi) is 8.06. The summed E-state index contributed by atoms with van der Waals surface area (Å²) in [6.45, 7) is 4.30. The number of carbonyl (C=O) groups is 1. The smallest absolute Gasteiger partial charge is 0.260 e. The van der Waals surface area contributed by atoms with Gasteiger partial charge in [0.2, 0.25) is 0 Å². The number of carbonyl (C=O) groups excluding carboxylic acids is 1. The highest BCUT2D eigenvalue weighted by Gasteiger charge is 2.20.